The van der Waals surface area contributed by atoms with Gasteiger partial charge >= 0.3 is 0 Å². The summed E-state index contributed by atoms with van der Waals surface area (Å²) in [6.45, 7) is 3.51. The van der Waals surface area contributed by atoms with Crippen molar-refractivity contribution in [3.63, 3.8) is 0 Å². The van der Waals surface area contributed by atoms with Crippen molar-refractivity contribution in [3.8, 4) is 0 Å². The van der Waals surface area contributed by atoms with Crippen LogP contribution in [0.3, 0.4) is 0 Å². The molecule has 5 heteroatoms. The summed E-state index contributed by atoms with van der Waals surface area (Å²) >= 11 is 0. The Balaban J connectivity index is 1.80. The third-order valence-electron chi connectivity index (χ3n) is 3.94. The first-order valence-electron chi connectivity index (χ1n) is 7.82. The van der Waals surface area contributed by atoms with E-state index >= 15 is 0 Å². The first-order chi connectivity index (χ1) is 9.79. The molecule has 1 unspecified atom stereocenters. The summed E-state index contributed by atoms with van der Waals surface area (Å²) in [5.74, 6) is 1.12. The zero-order valence-electron chi connectivity index (χ0n) is 12.5. The number of hydrogen-bond acceptors (Lipinski definition) is 4. The Morgan fingerprint density at radius 2 is 2.20 bits per heavy atom. The Labute approximate surface area is 123 Å². The number of nitrogens with zero attached hydrogens (tertiary/aromatic N) is 2. The Kier molecular flexibility index (Phi) is 6.34. The standard InChI is InChI=1S/C15H26BN3O/c16-14-6-3-7-15(18-14)19-10-4-5-13(8-11-19)17-9-1-2-12-20/h3,6-7,13,17,20H,1-2,4-5,8-12,16H2. The number of aliphatic hydroxyl groups excluding tert-OH is 1. The van der Waals surface area contributed by atoms with Gasteiger partial charge in [0.15, 0.2) is 7.85 Å². The molecule has 1 saturated heterocycles. The molecular formula is C15H26BN3O. The van der Waals surface area contributed by atoms with Crippen molar-refractivity contribution in [1.82, 2.24) is 10.3 Å². The van der Waals surface area contributed by atoms with Gasteiger partial charge in [-0.2, -0.15) is 0 Å². The lowest BCUT2D eigenvalue weighted by atomic mass is 10.0. The van der Waals surface area contributed by atoms with E-state index in [1.54, 1.807) is 0 Å². The van der Waals surface area contributed by atoms with Crippen LogP contribution in [0.25, 0.3) is 0 Å². The van der Waals surface area contributed by atoms with Crippen LogP contribution in [0.4, 0.5) is 5.82 Å². The van der Waals surface area contributed by atoms with Gasteiger partial charge in [-0.25, -0.2) is 4.98 Å². The minimum atomic E-state index is 0.305. The van der Waals surface area contributed by atoms with Gasteiger partial charge in [0, 0.05) is 25.7 Å². The number of hydrogen-bond donors (Lipinski definition) is 2. The predicted molar refractivity (Wildman–Crippen MR) is 86.6 cm³/mol. The number of anilines is 1. The average Bonchev–Trinajstić information content (AvgIpc) is 2.69. The maximum absolute atomic E-state index is 8.79. The molecule has 2 rings (SSSR count). The second-order valence-electron chi connectivity index (χ2n) is 5.64. The fourth-order valence-corrected chi connectivity index (χ4v) is 2.78. The number of pyridine rings is 1. The molecule has 1 fully saturated rings. The van der Waals surface area contributed by atoms with Crippen molar-refractivity contribution >= 4 is 19.3 Å². The molecule has 0 amide bonds. The second-order valence-corrected chi connectivity index (χ2v) is 5.64. The summed E-state index contributed by atoms with van der Waals surface area (Å²) in [5.41, 5.74) is 1.09. The minimum absolute atomic E-state index is 0.305. The molecule has 0 aromatic carbocycles. The van der Waals surface area contributed by atoms with Gasteiger partial charge in [-0.15, -0.1) is 0 Å². The number of aliphatic hydroxyl groups is 1. The van der Waals surface area contributed by atoms with E-state index in [-0.39, 0.29) is 0 Å². The third-order valence-corrected chi connectivity index (χ3v) is 3.94. The molecule has 1 aromatic rings. The van der Waals surface area contributed by atoms with Crippen molar-refractivity contribution < 1.29 is 5.11 Å². The fraction of sp³-hybridized carbons (Fsp3) is 0.667. The predicted octanol–water partition coefficient (Wildman–Crippen LogP) is 0.0610. The van der Waals surface area contributed by atoms with Crippen LogP contribution in [-0.4, -0.2) is 50.2 Å². The van der Waals surface area contributed by atoms with Crippen molar-refractivity contribution in [2.45, 2.75) is 38.1 Å². The van der Waals surface area contributed by atoms with Crippen LogP contribution >= 0.6 is 0 Å². The monoisotopic (exact) mass is 275 g/mol. The molecule has 0 aliphatic carbocycles. The number of nitrogens with one attached hydrogen (secondary N) is 1. The molecule has 2 N–H and O–H groups in total. The number of aromatic nitrogens is 1. The summed E-state index contributed by atoms with van der Waals surface area (Å²) in [7, 11) is 2.05. The van der Waals surface area contributed by atoms with Crippen LogP contribution < -0.4 is 15.8 Å². The highest BCUT2D eigenvalue weighted by Gasteiger charge is 2.17. The van der Waals surface area contributed by atoms with Crippen LogP contribution in [-0.2, 0) is 0 Å². The van der Waals surface area contributed by atoms with Gasteiger partial charge in [0.2, 0.25) is 0 Å². The van der Waals surface area contributed by atoms with Gasteiger partial charge in [0.05, 0.1) is 0 Å². The first kappa shape index (κ1) is 15.3. The van der Waals surface area contributed by atoms with Crippen molar-refractivity contribution in [1.29, 1.82) is 0 Å². The molecule has 4 nitrogen and oxygen atoms in total. The van der Waals surface area contributed by atoms with Crippen LogP contribution in [0.2, 0.25) is 0 Å². The van der Waals surface area contributed by atoms with E-state index in [9.17, 15) is 0 Å². The summed E-state index contributed by atoms with van der Waals surface area (Å²) in [5, 5.41) is 12.4. The summed E-state index contributed by atoms with van der Waals surface area (Å²) in [6, 6.07) is 6.87. The second kappa shape index (κ2) is 8.27. The topological polar surface area (TPSA) is 48.4 Å². The molecule has 0 saturated carbocycles. The van der Waals surface area contributed by atoms with Gasteiger partial charge in [0.1, 0.15) is 5.82 Å². The normalized spacial score (nSPS) is 19.9. The summed E-state index contributed by atoms with van der Waals surface area (Å²) in [4.78, 5) is 7.03. The highest BCUT2D eigenvalue weighted by atomic mass is 16.2. The molecule has 1 aliphatic heterocycles. The molecular weight excluding hydrogens is 249 g/mol. The fourth-order valence-electron chi connectivity index (χ4n) is 2.78. The molecule has 0 spiro atoms. The lowest BCUT2D eigenvalue weighted by molar-refractivity contribution is 0.282. The van der Waals surface area contributed by atoms with Gasteiger partial charge in [-0.05, 0) is 50.3 Å². The molecule has 1 aromatic heterocycles. The molecule has 0 bridgehead atoms. The van der Waals surface area contributed by atoms with E-state index in [2.05, 4.69) is 27.3 Å². The summed E-state index contributed by atoms with van der Waals surface area (Å²) < 4.78 is 0. The van der Waals surface area contributed by atoms with Gasteiger partial charge in [-0.1, -0.05) is 12.1 Å². The van der Waals surface area contributed by atoms with Crippen molar-refractivity contribution in [2.75, 3.05) is 31.1 Å². The van der Waals surface area contributed by atoms with Crippen molar-refractivity contribution in [2.24, 2.45) is 0 Å². The zero-order valence-corrected chi connectivity index (χ0v) is 12.5. The molecule has 1 atom stereocenters. The Morgan fingerprint density at radius 1 is 1.30 bits per heavy atom. The van der Waals surface area contributed by atoms with Crippen LogP contribution in [0.5, 0.6) is 0 Å². The van der Waals surface area contributed by atoms with Gasteiger partial charge in [-0.3, -0.25) is 0 Å². The van der Waals surface area contributed by atoms with Crippen LogP contribution in [0, 0.1) is 0 Å². The highest BCUT2D eigenvalue weighted by Crippen LogP contribution is 2.16. The van der Waals surface area contributed by atoms with E-state index in [1.165, 1.54) is 19.3 Å². The minimum Gasteiger partial charge on any atom is -0.396 e. The molecule has 1 aliphatic rings. The maximum atomic E-state index is 8.79. The van der Waals surface area contributed by atoms with E-state index in [0.29, 0.717) is 12.6 Å². The lowest BCUT2D eigenvalue weighted by Crippen LogP contribution is -2.32. The van der Waals surface area contributed by atoms with Gasteiger partial charge in [0.25, 0.3) is 0 Å². The SMILES string of the molecule is Bc1cccc(N2CCCC(NCCCCO)CC2)n1. The van der Waals surface area contributed by atoms with E-state index in [0.717, 1.165) is 43.9 Å². The van der Waals surface area contributed by atoms with Crippen LogP contribution in [0.1, 0.15) is 32.1 Å². The van der Waals surface area contributed by atoms with E-state index < -0.39 is 0 Å². The largest absolute Gasteiger partial charge is 0.396 e. The summed E-state index contributed by atoms with van der Waals surface area (Å²) in [6.07, 6.45) is 5.60. The number of rotatable bonds is 6. The smallest absolute Gasteiger partial charge is 0.164 e. The molecule has 2 heterocycles. The lowest BCUT2D eigenvalue weighted by Gasteiger charge is -2.22. The quantitative estimate of drug-likeness (QED) is 0.569. The van der Waals surface area contributed by atoms with E-state index in [1.807, 2.05) is 13.9 Å². The van der Waals surface area contributed by atoms with E-state index in [4.69, 9.17) is 5.11 Å². The Hall–Kier alpha value is -1.07. The van der Waals surface area contributed by atoms with Crippen molar-refractivity contribution in [3.05, 3.63) is 18.2 Å². The maximum Gasteiger partial charge on any atom is 0.164 e. The molecule has 0 radical (unpaired) electrons. The Bertz CT molecular complexity index is 402. The zero-order chi connectivity index (χ0) is 14.2. The number of unbranched alkanes of at least 4 members (excludes halogenated alkanes) is 1. The highest BCUT2D eigenvalue weighted by molar-refractivity contribution is 6.30. The third kappa shape index (κ3) is 4.80. The molecule has 20 heavy (non-hydrogen) atoms. The van der Waals surface area contributed by atoms with Crippen LogP contribution in [0.15, 0.2) is 18.2 Å². The first-order valence-corrected chi connectivity index (χ1v) is 7.82. The van der Waals surface area contributed by atoms with Gasteiger partial charge < -0.3 is 15.3 Å². The average molecular weight is 275 g/mol. The molecule has 110 valence electrons. The Morgan fingerprint density at radius 3 is 3.00 bits per heavy atom.